The highest BCUT2D eigenvalue weighted by Gasteiger charge is 2.00. The van der Waals surface area contributed by atoms with Gasteiger partial charge < -0.3 is 5.32 Å². The highest BCUT2D eigenvalue weighted by atomic mass is 79.9. The third-order valence-electron chi connectivity index (χ3n) is 2.39. The monoisotopic (exact) mass is 354 g/mol. The predicted octanol–water partition coefficient (Wildman–Crippen LogP) is 4.53. The average Bonchev–Trinajstić information content (AvgIpc) is 2.28. The summed E-state index contributed by atoms with van der Waals surface area (Å²) in [6.07, 6.45) is 1.80. The van der Waals surface area contributed by atoms with Gasteiger partial charge in [0.2, 0.25) is 0 Å². The molecule has 0 radical (unpaired) electrons. The van der Waals surface area contributed by atoms with Crippen molar-refractivity contribution in [2.75, 3.05) is 5.32 Å². The zero-order valence-corrected chi connectivity index (χ0v) is 12.5. The molecule has 2 rings (SSSR count). The van der Waals surface area contributed by atoms with E-state index in [0.717, 1.165) is 26.9 Å². The van der Waals surface area contributed by atoms with E-state index >= 15 is 0 Å². The maximum Gasteiger partial charge on any atom is 0.129 e. The Bertz CT molecular complexity index is 527. The van der Waals surface area contributed by atoms with Gasteiger partial charge in [-0.2, -0.15) is 0 Å². The molecule has 88 valence electrons. The summed E-state index contributed by atoms with van der Waals surface area (Å²) >= 11 is 6.87. The Morgan fingerprint density at radius 3 is 2.71 bits per heavy atom. The van der Waals surface area contributed by atoms with Gasteiger partial charge in [0.05, 0.1) is 0 Å². The van der Waals surface area contributed by atoms with Crippen molar-refractivity contribution in [3.05, 3.63) is 56.6 Å². The lowest BCUT2D eigenvalue weighted by molar-refractivity contribution is 1.09. The van der Waals surface area contributed by atoms with Crippen LogP contribution >= 0.6 is 31.9 Å². The van der Waals surface area contributed by atoms with Gasteiger partial charge in [-0.1, -0.05) is 28.1 Å². The minimum Gasteiger partial charge on any atom is -0.366 e. The molecular weight excluding hydrogens is 344 g/mol. The summed E-state index contributed by atoms with van der Waals surface area (Å²) in [6.45, 7) is 2.82. The topological polar surface area (TPSA) is 24.9 Å². The molecule has 0 unspecified atom stereocenters. The van der Waals surface area contributed by atoms with Crippen LogP contribution in [0.2, 0.25) is 0 Å². The number of anilines is 1. The molecule has 0 atom stereocenters. The first-order valence-corrected chi connectivity index (χ1v) is 6.84. The molecule has 0 aliphatic heterocycles. The Labute approximate surface area is 118 Å². The van der Waals surface area contributed by atoms with Crippen molar-refractivity contribution in [3.63, 3.8) is 0 Å². The van der Waals surface area contributed by atoms with Gasteiger partial charge in [-0.3, -0.25) is 0 Å². The van der Waals surface area contributed by atoms with E-state index in [9.17, 15) is 0 Å². The number of nitrogens with zero attached hydrogens (tertiary/aromatic N) is 1. The molecule has 0 spiro atoms. The molecule has 0 aliphatic carbocycles. The lowest BCUT2D eigenvalue weighted by Gasteiger charge is -2.09. The Kier molecular flexibility index (Phi) is 4.18. The van der Waals surface area contributed by atoms with Crippen LogP contribution in [0.3, 0.4) is 0 Å². The third-order valence-corrected chi connectivity index (χ3v) is 3.32. The van der Waals surface area contributed by atoms with Gasteiger partial charge in [-0.15, -0.1) is 0 Å². The van der Waals surface area contributed by atoms with Crippen molar-refractivity contribution in [2.45, 2.75) is 13.5 Å². The standard InChI is InChI=1S/C13H12Br2N2/c1-9-5-12(15)8-17-13(9)16-7-10-3-2-4-11(14)6-10/h2-6,8H,7H2,1H3,(H,16,17). The first-order valence-electron chi connectivity index (χ1n) is 5.25. The Hall–Kier alpha value is -0.870. The SMILES string of the molecule is Cc1cc(Br)cnc1NCc1cccc(Br)c1. The number of halogens is 2. The van der Waals surface area contributed by atoms with Crippen LogP contribution in [0, 0.1) is 6.92 Å². The van der Waals surface area contributed by atoms with Crippen molar-refractivity contribution in [3.8, 4) is 0 Å². The molecule has 0 aliphatic rings. The van der Waals surface area contributed by atoms with Crippen LogP contribution in [0.5, 0.6) is 0 Å². The van der Waals surface area contributed by atoms with Crippen LogP contribution in [0.1, 0.15) is 11.1 Å². The molecular formula is C13H12Br2N2. The number of pyridine rings is 1. The zero-order chi connectivity index (χ0) is 12.3. The second-order valence-corrected chi connectivity index (χ2v) is 5.63. The normalized spacial score (nSPS) is 10.3. The van der Waals surface area contributed by atoms with E-state index in [1.165, 1.54) is 5.56 Å². The molecule has 1 aromatic carbocycles. The van der Waals surface area contributed by atoms with Crippen LogP contribution in [0.15, 0.2) is 45.5 Å². The fourth-order valence-electron chi connectivity index (χ4n) is 1.56. The molecule has 0 saturated carbocycles. The maximum absolute atomic E-state index is 4.35. The van der Waals surface area contributed by atoms with Crippen molar-refractivity contribution in [2.24, 2.45) is 0 Å². The van der Waals surface area contributed by atoms with Gasteiger partial charge in [-0.05, 0) is 52.2 Å². The quantitative estimate of drug-likeness (QED) is 0.875. The lowest BCUT2D eigenvalue weighted by atomic mass is 10.2. The van der Waals surface area contributed by atoms with Crippen LogP contribution < -0.4 is 5.32 Å². The minimum absolute atomic E-state index is 0.773. The number of aryl methyl sites for hydroxylation is 1. The number of hydrogen-bond donors (Lipinski definition) is 1. The number of aromatic nitrogens is 1. The molecule has 1 heterocycles. The molecule has 1 aromatic heterocycles. The second-order valence-electron chi connectivity index (χ2n) is 3.80. The van der Waals surface area contributed by atoms with Crippen molar-refractivity contribution >= 4 is 37.7 Å². The van der Waals surface area contributed by atoms with Crippen LogP contribution in [-0.2, 0) is 6.54 Å². The summed E-state index contributed by atoms with van der Waals surface area (Å²) in [6, 6.07) is 10.3. The molecule has 0 saturated heterocycles. The van der Waals surface area contributed by atoms with Gasteiger partial charge in [0, 0.05) is 21.7 Å². The van der Waals surface area contributed by atoms with E-state index < -0.39 is 0 Å². The fourth-order valence-corrected chi connectivity index (χ4v) is 2.45. The van der Waals surface area contributed by atoms with E-state index in [1.54, 1.807) is 6.20 Å². The predicted molar refractivity (Wildman–Crippen MR) is 78.1 cm³/mol. The summed E-state index contributed by atoms with van der Waals surface area (Å²) in [5.74, 6) is 0.924. The van der Waals surface area contributed by atoms with E-state index in [0.29, 0.717) is 0 Å². The highest BCUT2D eigenvalue weighted by Crippen LogP contribution is 2.18. The molecule has 4 heteroatoms. The van der Waals surface area contributed by atoms with Crippen molar-refractivity contribution in [1.82, 2.24) is 4.98 Å². The zero-order valence-electron chi connectivity index (χ0n) is 9.37. The number of rotatable bonds is 3. The molecule has 17 heavy (non-hydrogen) atoms. The molecule has 2 nitrogen and oxygen atoms in total. The van der Waals surface area contributed by atoms with Gasteiger partial charge >= 0.3 is 0 Å². The van der Waals surface area contributed by atoms with E-state index in [4.69, 9.17) is 0 Å². The Morgan fingerprint density at radius 2 is 2.00 bits per heavy atom. The van der Waals surface area contributed by atoms with Gasteiger partial charge in [0.1, 0.15) is 5.82 Å². The summed E-state index contributed by atoms with van der Waals surface area (Å²) in [4.78, 5) is 4.35. The number of benzene rings is 1. The van der Waals surface area contributed by atoms with Gasteiger partial charge in [0.25, 0.3) is 0 Å². The number of nitrogens with one attached hydrogen (secondary N) is 1. The summed E-state index contributed by atoms with van der Waals surface area (Å²) in [7, 11) is 0. The maximum atomic E-state index is 4.35. The fraction of sp³-hybridized carbons (Fsp3) is 0.154. The number of hydrogen-bond acceptors (Lipinski definition) is 2. The molecule has 1 N–H and O–H groups in total. The second kappa shape index (κ2) is 5.65. The van der Waals surface area contributed by atoms with Crippen LogP contribution in [0.4, 0.5) is 5.82 Å². The smallest absolute Gasteiger partial charge is 0.129 e. The van der Waals surface area contributed by atoms with E-state index in [2.05, 4.69) is 60.4 Å². The van der Waals surface area contributed by atoms with E-state index in [1.807, 2.05) is 19.1 Å². The molecule has 2 aromatic rings. The minimum atomic E-state index is 0.773. The van der Waals surface area contributed by atoms with E-state index in [-0.39, 0.29) is 0 Å². The lowest BCUT2D eigenvalue weighted by Crippen LogP contribution is -2.02. The Morgan fingerprint density at radius 1 is 1.18 bits per heavy atom. The molecule has 0 amide bonds. The first kappa shape index (κ1) is 12.6. The van der Waals surface area contributed by atoms with Crippen molar-refractivity contribution < 1.29 is 0 Å². The van der Waals surface area contributed by atoms with Crippen LogP contribution in [-0.4, -0.2) is 4.98 Å². The highest BCUT2D eigenvalue weighted by molar-refractivity contribution is 9.10. The molecule has 0 bridgehead atoms. The van der Waals surface area contributed by atoms with Gasteiger partial charge in [-0.25, -0.2) is 4.98 Å². The third kappa shape index (κ3) is 3.54. The largest absolute Gasteiger partial charge is 0.366 e. The summed E-state index contributed by atoms with van der Waals surface area (Å²) < 4.78 is 2.10. The van der Waals surface area contributed by atoms with Crippen LogP contribution in [0.25, 0.3) is 0 Å². The van der Waals surface area contributed by atoms with Gasteiger partial charge in [0.15, 0.2) is 0 Å². The first-order chi connectivity index (χ1) is 8.15. The Balaban J connectivity index is 2.07. The molecule has 0 fully saturated rings. The summed E-state index contributed by atoms with van der Waals surface area (Å²) in [5, 5.41) is 3.33. The average molecular weight is 356 g/mol. The summed E-state index contributed by atoms with van der Waals surface area (Å²) in [5.41, 5.74) is 2.36. The van der Waals surface area contributed by atoms with Crippen molar-refractivity contribution in [1.29, 1.82) is 0 Å².